The van der Waals surface area contributed by atoms with Gasteiger partial charge in [-0.05, 0) is 59.8 Å². The van der Waals surface area contributed by atoms with Crippen molar-refractivity contribution in [2.24, 2.45) is 0 Å². The summed E-state index contributed by atoms with van der Waals surface area (Å²) in [5, 5.41) is 2.04. The molecule has 1 N–H and O–H groups in total. The smallest absolute Gasteiger partial charge is 0.294 e. The first-order valence-electron chi connectivity index (χ1n) is 9.73. The van der Waals surface area contributed by atoms with Gasteiger partial charge in [-0.3, -0.25) is 19.3 Å². The van der Waals surface area contributed by atoms with E-state index >= 15 is 0 Å². The first-order valence-corrected chi connectivity index (χ1v) is 10.5. The molecule has 0 atom stereocenters. The van der Waals surface area contributed by atoms with E-state index in [0.29, 0.717) is 18.9 Å². The van der Waals surface area contributed by atoms with Crippen LogP contribution >= 0.6 is 11.8 Å². The number of hydrogen-bond donors (Lipinski definition) is 1. The summed E-state index contributed by atoms with van der Waals surface area (Å²) >= 11 is 0.801. The molecule has 2 heterocycles. The van der Waals surface area contributed by atoms with Crippen molar-refractivity contribution in [1.82, 2.24) is 4.90 Å². The molecule has 2 saturated heterocycles. The second-order valence-electron chi connectivity index (χ2n) is 7.01. The minimum Gasteiger partial charge on any atom is -0.378 e. The maximum absolute atomic E-state index is 13.0. The first-order chi connectivity index (χ1) is 15.0. The highest BCUT2D eigenvalue weighted by Crippen LogP contribution is 2.32. The molecule has 2 fully saturated rings. The van der Waals surface area contributed by atoms with Crippen LogP contribution in [0.5, 0.6) is 0 Å². The number of nitrogens with zero attached hydrogens (tertiary/aromatic N) is 2. The zero-order valence-corrected chi connectivity index (χ0v) is 17.4. The van der Waals surface area contributed by atoms with Crippen LogP contribution in [0.25, 0.3) is 6.08 Å². The largest absolute Gasteiger partial charge is 0.378 e. The Hall–Kier alpha value is -3.17. The van der Waals surface area contributed by atoms with Crippen molar-refractivity contribution in [2.45, 2.75) is 0 Å². The van der Waals surface area contributed by atoms with Gasteiger partial charge >= 0.3 is 0 Å². The van der Waals surface area contributed by atoms with Gasteiger partial charge in [0.25, 0.3) is 11.1 Å². The molecule has 4 rings (SSSR count). The number of carbonyl (C=O) groups excluding carboxylic acids is 3. The molecule has 31 heavy (non-hydrogen) atoms. The molecule has 0 saturated carbocycles. The Balaban J connectivity index is 1.39. The van der Waals surface area contributed by atoms with Gasteiger partial charge in [0.1, 0.15) is 12.4 Å². The fourth-order valence-corrected chi connectivity index (χ4v) is 4.11. The van der Waals surface area contributed by atoms with Crippen LogP contribution in [0.15, 0.2) is 53.4 Å². The number of amides is 3. The van der Waals surface area contributed by atoms with E-state index in [0.717, 1.165) is 41.0 Å². The number of hydrogen-bond acceptors (Lipinski definition) is 6. The van der Waals surface area contributed by atoms with Crippen molar-refractivity contribution in [2.75, 3.05) is 43.1 Å². The van der Waals surface area contributed by atoms with Crippen LogP contribution in [0.2, 0.25) is 0 Å². The molecule has 2 aromatic rings. The van der Waals surface area contributed by atoms with E-state index in [2.05, 4.69) is 10.2 Å². The van der Waals surface area contributed by atoms with Gasteiger partial charge in [-0.2, -0.15) is 0 Å². The standard InChI is InChI=1S/C22H20FN3O4S/c23-16-3-5-17(6-4-16)24-20(27)14-26-21(28)19(31-22(26)29)13-15-1-7-18(8-2-15)25-9-11-30-12-10-25/h1-8,13H,9-12,14H2,(H,24,27)/b19-13-. The molecular formula is C22H20FN3O4S. The number of morpholine rings is 1. The summed E-state index contributed by atoms with van der Waals surface area (Å²) in [6.07, 6.45) is 1.64. The minimum atomic E-state index is -0.537. The number of rotatable bonds is 5. The molecule has 0 spiro atoms. The van der Waals surface area contributed by atoms with Crippen molar-refractivity contribution in [3.05, 3.63) is 64.8 Å². The summed E-state index contributed by atoms with van der Waals surface area (Å²) in [6.45, 7) is 2.65. The number of anilines is 2. The Labute approximate surface area is 182 Å². The quantitative estimate of drug-likeness (QED) is 0.717. The Morgan fingerprint density at radius 2 is 1.74 bits per heavy atom. The zero-order chi connectivity index (χ0) is 21.8. The average molecular weight is 441 g/mol. The van der Waals surface area contributed by atoms with E-state index in [4.69, 9.17) is 4.74 Å². The molecule has 0 bridgehead atoms. The van der Waals surface area contributed by atoms with Crippen molar-refractivity contribution < 1.29 is 23.5 Å². The van der Waals surface area contributed by atoms with E-state index in [1.54, 1.807) is 6.08 Å². The average Bonchev–Trinajstić information content (AvgIpc) is 3.04. The lowest BCUT2D eigenvalue weighted by Gasteiger charge is -2.28. The van der Waals surface area contributed by atoms with Gasteiger partial charge in [0.15, 0.2) is 0 Å². The van der Waals surface area contributed by atoms with Gasteiger partial charge in [-0.25, -0.2) is 4.39 Å². The number of carbonyl (C=O) groups is 3. The summed E-state index contributed by atoms with van der Waals surface area (Å²) in [6, 6.07) is 12.9. The summed E-state index contributed by atoms with van der Waals surface area (Å²) in [7, 11) is 0. The summed E-state index contributed by atoms with van der Waals surface area (Å²) in [5.74, 6) is -1.47. The van der Waals surface area contributed by atoms with Crippen molar-refractivity contribution >= 4 is 46.3 Å². The number of benzene rings is 2. The molecule has 0 aromatic heterocycles. The number of imide groups is 1. The van der Waals surface area contributed by atoms with Crippen molar-refractivity contribution in [1.29, 1.82) is 0 Å². The van der Waals surface area contributed by atoms with Gasteiger partial charge in [-0.1, -0.05) is 12.1 Å². The highest BCUT2D eigenvalue weighted by molar-refractivity contribution is 8.18. The van der Waals surface area contributed by atoms with Crippen LogP contribution in [0.1, 0.15) is 5.56 Å². The molecule has 9 heteroatoms. The summed E-state index contributed by atoms with van der Waals surface area (Å²) in [5.41, 5.74) is 2.25. The Bertz CT molecular complexity index is 1020. The SMILES string of the molecule is O=C(CN1C(=O)S/C(=C\c2ccc(N3CCOCC3)cc2)C1=O)Nc1ccc(F)cc1. The monoisotopic (exact) mass is 441 g/mol. The molecule has 0 radical (unpaired) electrons. The molecular weight excluding hydrogens is 421 g/mol. The number of nitrogens with one attached hydrogen (secondary N) is 1. The third-order valence-electron chi connectivity index (χ3n) is 4.87. The Kier molecular flexibility index (Phi) is 6.34. The zero-order valence-electron chi connectivity index (χ0n) is 16.5. The normalized spacial score (nSPS) is 18.0. The maximum Gasteiger partial charge on any atom is 0.294 e. The third-order valence-corrected chi connectivity index (χ3v) is 5.78. The maximum atomic E-state index is 13.0. The molecule has 160 valence electrons. The second-order valence-corrected chi connectivity index (χ2v) is 8.01. The molecule has 0 aliphatic carbocycles. The van der Waals surface area contributed by atoms with Crippen LogP contribution in [0.4, 0.5) is 20.6 Å². The highest BCUT2D eigenvalue weighted by atomic mass is 32.2. The first kappa shape index (κ1) is 21.1. The predicted molar refractivity (Wildman–Crippen MR) is 117 cm³/mol. The van der Waals surface area contributed by atoms with E-state index < -0.39 is 29.4 Å². The van der Waals surface area contributed by atoms with E-state index in [1.165, 1.54) is 24.3 Å². The molecule has 2 aliphatic rings. The lowest BCUT2D eigenvalue weighted by molar-refractivity contribution is -0.127. The van der Waals surface area contributed by atoms with Crippen molar-refractivity contribution in [3.8, 4) is 0 Å². The van der Waals surface area contributed by atoms with Crippen molar-refractivity contribution in [3.63, 3.8) is 0 Å². The topological polar surface area (TPSA) is 79.0 Å². The van der Waals surface area contributed by atoms with Gasteiger partial charge in [0, 0.05) is 24.5 Å². The van der Waals surface area contributed by atoms with E-state index in [9.17, 15) is 18.8 Å². The number of halogens is 1. The van der Waals surface area contributed by atoms with E-state index in [1.807, 2.05) is 24.3 Å². The van der Waals surface area contributed by atoms with Gasteiger partial charge in [-0.15, -0.1) is 0 Å². The van der Waals surface area contributed by atoms with E-state index in [-0.39, 0.29) is 4.91 Å². The van der Waals surface area contributed by atoms with Gasteiger partial charge < -0.3 is 15.0 Å². The van der Waals surface area contributed by atoms with Crippen LogP contribution in [-0.2, 0) is 14.3 Å². The molecule has 2 aliphatic heterocycles. The molecule has 3 amide bonds. The molecule has 0 unspecified atom stereocenters. The van der Waals surface area contributed by atoms with Gasteiger partial charge in [0.05, 0.1) is 18.1 Å². The van der Waals surface area contributed by atoms with Gasteiger partial charge in [0.2, 0.25) is 5.91 Å². The predicted octanol–water partition coefficient (Wildman–Crippen LogP) is 3.34. The second kappa shape index (κ2) is 9.32. The Morgan fingerprint density at radius 1 is 1.06 bits per heavy atom. The van der Waals surface area contributed by atoms with Crippen LogP contribution < -0.4 is 10.2 Å². The van der Waals surface area contributed by atoms with Crippen LogP contribution in [-0.4, -0.2) is 54.8 Å². The number of ether oxygens (including phenoxy) is 1. The fourth-order valence-electron chi connectivity index (χ4n) is 3.27. The third kappa shape index (κ3) is 5.12. The van der Waals surface area contributed by atoms with Crippen LogP contribution in [0.3, 0.4) is 0 Å². The summed E-state index contributed by atoms with van der Waals surface area (Å²) < 4.78 is 18.3. The minimum absolute atomic E-state index is 0.263. The lowest BCUT2D eigenvalue weighted by Crippen LogP contribution is -2.36. The number of thioether (sulfide) groups is 1. The molecule has 2 aromatic carbocycles. The molecule has 7 nitrogen and oxygen atoms in total. The highest BCUT2D eigenvalue weighted by Gasteiger charge is 2.36. The summed E-state index contributed by atoms with van der Waals surface area (Å²) in [4.78, 5) is 40.5. The Morgan fingerprint density at radius 3 is 2.42 bits per heavy atom. The fraction of sp³-hybridized carbons (Fsp3) is 0.227. The van der Waals surface area contributed by atoms with Crippen LogP contribution in [0, 0.1) is 5.82 Å². The lowest BCUT2D eigenvalue weighted by atomic mass is 10.1.